The zero-order valence-corrected chi connectivity index (χ0v) is 15.1. The van der Waals surface area contributed by atoms with Gasteiger partial charge in [0.2, 0.25) is 5.91 Å². The van der Waals surface area contributed by atoms with Crippen molar-refractivity contribution < 1.29 is 14.7 Å². The van der Waals surface area contributed by atoms with Gasteiger partial charge >= 0.3 is 5.97 Å². The molecule has 3 N–H and O–H groups in total. The Morgan fingerprint density at radius 3 is 2.52 bits per heavy atom. The highest BCUT2D eigenvalue weighted by atomic mass is 32.1. The van der Waals surface area contributed by atoms with Crippen LogP contribution < -0.4 is 10.9 Å². The minimum atomic E-state index is -0.997. The standard InChI is InChI=1S/C19H17N3O4S/c23-16(20-11-12-5-7-13(8-6-12)18(25)26)9-10-22-17(24)14-3-1-2-4-15(14)21-19(22)27/h1-8H,9-11H2,(H,20,23)(H,21,27)(H,25,26). The van der Waals surface area contributed by atoms with E-state index in [1.807, 2.05) is 6.07 Å². The van der Waals surface area contributed by atoms with Crippen molar-refractivity contribution in [3.63, 3.8) is 0 Å². The number of amides is 1. The number of nitrogens with zero attached hydrogens (tertiary/aromatic N) is 1. The number of carbonyl (C=O) groups excluding carboxylic acids is 1. The fourth-order valence-corrected chi connectivity index (χ4v) is 2.95. The van der Waals surface area contributed by atoms with Crippen LogP contribution in [0.25, 0.3) is 10.9 Å². The first kappa shape index (κ1) is 18.5. The molecule has 0 aliphatic carbocycles. The van der Waals surface area contributed by atoms with Gasteiger partial charge in [0.05, 0.1) is 16.5 Å². The minimum absolute atomic E-state index is 0.100. The SMILES string of the molecule is O=C(CCn1c(=S)[nH]c2ccccc2c1=O)NCc1ccc(C(=O)O)cc1. The summed E-state index contributed by atoms with van der Waals surface area (Å²) in [5.74, 6) is -1.23. The molecule has 0 spiro atoms. The summed E-state index contributed by atoms with van der Waals surface area (Å²) in [5.41, 5.74) is 1.41. The van der Waals surface area contributed by atoms with Crippen LogP contribution in [0.4, 0.5) is 0 Å². The lowest BCUT2D eigenvalue weighted by Gasteiger charge is -2.09. The molecular formula is C19H17N3O4S. The van der Waals surface area contributed by atoms with Gasteiger partial charge in [-0.15, -0.1) is 0 Å². The number of carboxylic acid groups (broad SMARTS) is 1. The molecule has 1 aromatic heterocycles. The summed E-state index contributed by atoms with van der Waals surface area (Å²) in [7, 11) is 0. The van der Waals surface area contributed by atoms with Gasteiger partial charge in [0.15, 0.2) is 4.77 Å². The maximum atomic E-state index is 12.5. The van der Waals surface area contributed by atoms with E-state index in [0.29, 0.717) is 10.9 Å². The number of rotatable bonds is 6. The summed E-state index contributed by atoms with van der Waals surface area (Å²) >= 11 is 5.22. The lowest BCUT2D eigenvalue weighted by atomic mass is 10.1. The van der Waals surface area contributed by atoms with Crippen molar-refractivity contribution >= 4 is 35.0 Å². The van der Waals surface area contributed by atoms with E-state index in [-0.39, 0.29) is 41.3 Å². The number of para-hydroxylation sites is 1. The number of aromatic amines is 1. The van der Waals surface area contributed by atoms with Crippen molar-refractivity contribution in [2.24, 2.45) is 0 Å². The molecule has 7 nitrogen and oxygen atoms in total. The van der Waals surface area contributed by atoms with Crippen LogP contribution in [0.3, 0.4) is 0 Å². The van der Waals surface area contributed by atoms with Crippen molar-refractivity contribution in [3.8, 4) is 0 Å². The van der Waals surface area contributed by atoms with E-state index >= 15 is 0 Å². The maximum Gasteiger partial charge on any atom is 0.335 e. The monoisotopic (exact) mass is 383 g/mol. The zero-order valence-electron chi connectivity index (χ0n) is 14.3. The lowest BCUT2D eigenvalue weighted by molar-refractivity contribution is -0.121. The smallest absolute Gasteiger partial charge is 0.335 e. The van der Waals surface area contributed by atoms with Crippen LogP contribution in [0, 0.1) is 4.77 Å². The Hall–Kier alpha value is -3.26. The molecule has 138 valence electrons. The Labute approximate surface area is 159 Å². The van der Waals surface area contributed by atoms with Crippen molar-refractivity contribution in [1.82, 2.24) is 14.9 Å². The van der Waals surface area contributed by atoms with Gasteiger partial charge in [0.1, 0.15) is 0 Å². The number of fused-ring (bicyclic) bond motifs is 1. The molecule has 0 saturated carbocycles. The molecule has 1 heterocycles. The number of nitrogens with one attached hydrogen (secondary N) is 2. The van der Waals surface area contributed by atoms with E-state index in [0.717, 1.165) is 5.56 Å². The number of benzene rings is 2. The minimum Gasteiger partial charge on any atom is -0.478 e. The van der Waals surface area contributed by atoms with Crippen LogP contribution in [-0.4, -0.2) is 26.5 Å². The molecule has 1 amide bonds. The predicted octanol–water partition coefficient (Wildman–Crippen LogP) is 2.46. The predicted molar refractivity (Wildman–Crippen MR) is 103 cm³/mol. The van der Waals surface area contributed by atoms with E-state index in [2.05, 4.69) is 10.3 Å². The van der Waals surface area contributed by atoms with Crippen molar-refractivity contribution in [2.45, 2.75) is 19.5 Å². The molecule has 0 radical (unpaired) electrons. The van der Waals surface area contributed by atoms with Crippen LogP contribution in [0.5, 0.6) is 0 Å². The first-order valence-electron chi connectivity index (χ1n) is 8.26. The summed E-state index contributed by atoms with van der Waals surface area (Å²) in [6.45, 7) is 0.445. The quantitative estimate of drug-likeness (QED) is 0.567. The Kier molecular flexibility index (Phi) is 5.46. The second kappa shape index (κ2) is 7.96. The van der Waals surface area contributed by atoms with Gasteiger partial charge in [-0.3, -0.25) is 14.2 Å². The Morgan fingerprint density at radius 1 is 1.11 bits per heavy atom. The molecule has 0 unspecified atom stereocenters. The van der Waals surface area contributed by atoms with Crippen LogP contribution in [0.15, 0.2) is 53.3 Å². The molecule has 8 heteroatoms. The van der Waals surface area contributed by atoms with E-state index in [1.165, 1.54) is 16.7 Å². The van der Waals surface area contributed by atoms with E-state index in [1.54, 1.807) is 30.3 Å². The largest absolute Gasteiger partial charge is 0.478 e. The normalized spacial score (nSPS) is 10.7. The lowest BCUT2D eigenvalue weighted by Crippen LogP contribution is -2.28. The average Bonchev–Trinajstić information content (AvgIpc) is 2.66. The highest BCUT2D eigenvalue weighted by Crippen LogP contribution is 2.07. The number of aromatic nitrogens is 2. The van der Waals surface area contributed by atoms with Gasteiger partial charge in [-0.2, -0.15) is 0 Å². The molecule has 27 heavy (non-hydrogen) atoms. The summed E-state index contributed by atoms with van der Waals surface area (Å²) in [6.07, 6.45) is 0.100. The summed E-state index contributed by atoms with van der Waals surface area (Å²) < 4.78 is 1.65. The van der Waals surface area contributed by atoms with E-state index in [9.17, 15) is 14.4 Å². The van der Waals surface area contributed by atoms with Gasteiger partial charge in [0, 0.05) is 19.5 Å². The molecule has 0 atom stereocenters. The van der Waals surface area contributed by atoms with Crippen LogP contribution in [0.1, 0.15) is 22.3 Å². The fourth-order valence-electron chi connectivity index (χ4n) is 2.67. The summed E-state index contributed by atoms with van der Waals surface area (Å²) in [6, 6.07) is 13.3. The number of carbonyl (C=O) groups is 2. The van der Waals surface area contributed by atoms with Crippen molar-refractivity contribution in [2.75, 3.05) is 0 Å². The molecule has 0 bridgehead atoms. The highest BCUT2D eigenvalue weighted by molar-refractivity contribution is 7.71. The fraction of sp³-hybridized carbons (Fsp3) is 0.158. The molecule has 0 saturated heterocycles. The van der Waals surface area contributed by atoms with Gasteiger partial charge in [-0.05, 0) is 42.0 Å². The van der Waals surface area contributed by atoms with Crippen molar-refractivity contribution in [1.29, 1.82) is 0 Å². The Morgan fingerprint density at radius 2 is 1.81 bits per heavy atom. The second-order valence-corrected chi connectivity index (χ2v) is 6.35. The van der Waals surface area contributed by atoms with E-state index < -0.39 is 5.97 Å². The third-order valence-electron chi connectivity index (χ3n) is 4.14. The number of aromatic carboxylic acids is 1. The third-order valence-corrected chi connectivity index (χ3v) is 4.46. The first-order valence-corrected chi connectivity index (χ1v) is 8.67. The van der Waals surface area contributed by atoms with Crippen LogP contribution >= 0.6 is 12.2 Å². The van der Waals surface area contributed by atoms with Gasteiger partial charge in [-0.1, -0.05) is 24.3 Å². The van der Waals surface area contributed by atoms with Gasteiger partial charge in [-0.25, -0.2) is 4.79 Å². The third kappa shape index (κ3) is 4.29. The zero-order chi connectivity index (χ0) is 19.4. The first-order chi connectivity index (χ1) is 13.0. The van der Waals surface area contributed by atoms with Crippen LogP contribution in [0.2, 0.25) is 0 Å². The van der Waals surface area contributed by atoms with Gasteiger partial charge < -0.3 is 15.4 Å². The summed E-state index contributed by atoms with van der Waals surface area (Å²) in [5, 5.41) is 12.1. The molecule has 3 aromatic rings. The molecular weight excluding hydrogens is 366 g/mol. The number of hydrogen-bond donors (Lipinski definition) is 3. The Bertz CT molecular complexity index is 1120. The topological polar surface area (TPSA) is 104 Å². The maximum absolute atomic E-state index is 12.5. The molecule has 0 aliphatic rings. The Balaban J connectivity index is 1.62. The number of hydrogen-bond acceptors (Lipinski definition) is 4. The van der Waals surface area contributed by atoms with Crippen molar-refractivity contribution in [3.05, 3.63) is 74.8 Å². The number of carboxylic acids is 1. The highest BCUT2D eigenvalue weighted by Gasteiger charge is 2.08. The van der Waals surface area contributed by atoms with E-state index in [4.69, 9.17) is 17.3 Å². The number of H-pyrrole nitrogens is 1. The average molecular weight is 383 g/mol. The van der Waals surface area contributed by atoms with Crippen LogP contribution in [-0.2, 0) is 17.9 Å². The molecule has 0 fully saturated rings. The molecule has 2 aromatic carbocycles. The molecule has 0 aliphatic heterocycles. The van der Waals surface area contributed by atoms with Gasteiger partial charge in [0.25, 0.3) is 5.56 Å². The summed E-state index contributed by atoms with van der Waals surface area (Å²) in [4.78, 5) is 38.4. The molecule has 3 rings (SSSR count). The second-order valence-electron chi connectivity index (χ2n) is 5.96.